The van der Waals surface area contributed by atoms with Gasteiger partial charge in [-0.25, -0.2) is 0 Å². The van der Waals surface area contributed by atoms with Gasteiger partial charge in [0, 0.05) is 27.1 Å². The molecular weight excluding hydrogens is 611 g/mol. The third kappa shape index (κ3) is 4.31. The van der Waals surface area contributed by atoms with Crippen LogP contribution in [0.2, 0.25) is 0 Å². The van der Waals surface area contributed by atoms with Crippen LogP contribution in [-0.4, -0.2) is 9.13 Å². The Morgan fingerprint density at radius 2 is 0.960 bits per heavy atom. The molecule has 7 aromatic carbocycles. The molecule has 2 heterocycles. The summed E-state index contributed by atoms with van der Waals surface area (Å²) in [6.45, 7) is 0. The Bertz CT molecular complexity index is 2920. The minimum atomic E-state index is 0.539. The van der Waals surface area contributed by atoms with Crippen LogP contribution in [0.4, 0.5) is 0 Å². The van der Waals surface area contributed by atoms with Gasteiger partial charge >= 0.3 is 0 Å². The van der Waals surface area contributed by atoms with Crippen molar-refractivity contribution >= 4 is 43.6 Å². The van der Waals surface area contributed by atoms with Crippen LogP contribution in [0.3, 0.4) is 0 Å². The van der Waals surface area contributed by atoms with Gasteiger partial charge in [-0.3, -0.25) is 0 Å². The van der Waals surface area contributed by atoms with E-state index in [0.29, 0.717) is 16.7 Å². The van der Waals surface area contributed by atoms with E-state index in [1.165, 1.54) is 0 Å². The highest BCUT2D eigenvalue weighted by atomic mass is 15.0. The molecule has 0 fully saturated rings. The van der Waals surface area contributed by atoms with Crippen molar-refractivity contribution in [1.82, 2.24) is 9.13 Å². The van der Waals surface area contributed by atoms with Crippen molar-refractivity contribution in [2.45, 2.75) is 0 Å². The van der Waals surface area contributed by atoms with Crippen LogP contribution < -0.4 is 0 Å². The first-order chi connectivity index (χ1) is 24.7. The quantitative estimate of drug-likeness (QED) is 0.193. The summed E-state index contributed by atoms with van der Waals surface area (Å²) < 4.78 is 4.31. The molecule has 0 aliphatic rings. The monoisotopic (exact) mass is 635 g/mol. The summed E-state index contributed by atoms with van der Waals surface area (Å²) in [6, 6.07) is 57.7. The van der Waals surface area contributed by atoms with Crippen LogP contribution in [0.25, 0.3) is 77.2 Å². The molecule has 50 heavy (non-hydrogen) atoms. The summed E-state index contributed by atoms with van der Waals surface area (Å²) in [4.78, 5) is 0. The zero-order chi connectivity index (χ0) is 33.8. The molecule has 9 aromatic rings. The van der Waals surface area contributed by atoms with Crippen molar-refractivity contribution in [3.63, 3.8) is 0 Å². The lowest BCUT2D eigenvalue weighted by atomic mass is 9.95. The second-order valence-corrected chi connectivity index (χ2v) is 12.3. The van der Waals surface area contributed by atoms with Crippen LogP contribution in [0.15, 0.2) is 152 Å². The van der Waals surface area contributed by atoms with E-state index in [2.05, 4.69) is 88.0 Å². The van der Waals surface area contributed by atoms with E-state index in [0.717, 1.165) is 77.2 Å². The minimum Gasteiger partial charge on any atom is -0.308 e. The summed E-state index contributed by atoms with van der Waals surface area (Å²) in [6.07, 6.45) is 0. The van der Waals surface area contributed by atoms with Crippen molar-refractivity contribution in [3.05, 3.63) is 168 Å². The molecular formula is C45H25N5. The zero-order valence-electron chi connectivity index (χ0n) is 26.7. The lowest BCUT2D eigenvalue weighted by Gasteiger charge is -2.17. The largest absolute Gasteiger partial charge is 0.308 e. The first-order valence-corrected chi connectivity index (χ1v) is 16.3. The number of hydrogen-bond donors (Lipinski definition) is 0. The highest BCUT2D eigenvalue weighted by Gasteiger charge is 2.20. The molecule has 0 aliphatic carbocycles. The van der Waals surface area contributed by atoms with Gasteiger partial charge in [-0.15, -0.1) is 0 Å². The Morgan fingerprint density at radius 3 is 1.64 bits per heavy atom. The number of nitrogens with zero attached hydrogens (tertiary/aromatic N) is 5. The van der Waals surface area contributed by atoms with E-state index >= 15 is 0 Å². The predicted octanol–water partition coefficient (Wildman–Crippen LogP) is 10.8. The fraction of sp³-hybridized carbons (Fsp3) is 0. The van der Waals surface area contributed by atoms with E-state index < -0.39 is 0 Å². The van der Waals surface area contributed by atoms with E-state index in [9.17, 15) is 15.8 Å². The summed E-state index contributed by atoms with van der Waals surface area (Å²) in [5.41, 5.74) is 11.1. The highest BCUT2D eigenvalue weighted by Crippen LogP contribution is 2.39. The molecule has 0 N–H and O–H groups in total. The van der Waals surface area contributed by atoms with E-state index in [4.69, 9.17) is 0 Å². The number of fused-ring (bicyclic) bond motifs is 6. The van der Waals surface area contributed by atoms with Gasteiger partial charge in [0.1, 0.15) is 12.1 Å². The molecule has 0 unspecified atom stereocenters. The number of nitriles is 3. The molecule has 9 rings (SSSR count). The Hall–Kier alpha value is -7.39. The zero-order valence-corrected chi connectivity index (χ0v) is 26.7. The van der Waals surface area contributed by atoms with Crippen molar-refractivity contribution in [3.8, 4) is 51.8 Å². The second-order valence-electron chi connectivity index (χ2n) is 12.3. The van der Waals surface area contributed by atoms with E-state index in [1.54, 1.807) is 0 Å². The number of benzene rings is 7. The number of rotatable bonds is 4. The molecule has 0 radical (unpaired) electrons. The molecule has 230 valence electrons. The number of hydrogen-bond acceptors (Lipinski definition) is 3. The van der Waals surface area contributed by atoms with Crippen LogP contribution in [-0.2, 0) is 0 Å². The van der Waals surface area contributed by atoms with Crippen LogP contribution in [0, 0.1) is 34.0 Å². The second kappa shape index (κ2) is 11.4. The standard InChI is InChI=1S/C45H25N5/c46-26-29-19-21-44-39(23-29)38-14-3-4-16-41(38)49(44)40-22-20-31(25-34(40)28-48)30-9-7-10-32(24-30)35-15-8-11-33(27-47)45(35)50-42-17-5-1-12-36(42)37-13-2-6-18-43(37)50/h1-25H. The van der Waals surface area contributed by atoms with Crippen molar-refractivity contribution in [2.75, 3.05) is 0 Å². The predicted molar refractivity (Wildman–Crippen MR) is 200 cm³/mol. The molecule has 5 nitrogen and oxygen atoms in total. The minimum absolute atomic E-state index is 0.539. The maximum absolute atomic E-state index is 10.5. The average molecular weight is 636 g/mol. The van der Waals surface area contributed by atoms with Crippen molar-refractivity contribution in [2.24, 2.45) is 0 Å². The first-order valence-electron chi connectivity index (χ1n) is 16.3. The number of para-hydroxylation sites is 4. The Labute approximate surface area is 287 Å². The Balaban J connectivity index is 1.21. The van der Waals surface area contributed by atoms with Gasteiger partial charge in [-0.05, 0) is 77.4 Å². The van der Waals surface area contributed by atoms with Crippen LogP contribution in [0.5, 0.6) is 0 Å². The van der Waals surface area contributed by atoms with Crippen molar-refractivity contribution < 1.29 is 0 Å². The molecule has 0 amide bonds. The van der Waals surface area contributed by atoms with Gasteiger partial charge in [0.05, 0.1) is 56.2 Å². The van der Waals surface area contributed by atoms with Gasteiger partial charge in [0.2, 0.25) is 0 Å². The Kier molecular flexibility index (Phi) is 6.56. The summed E-state index contributed by atoms with van der Waals surface area (Å²) in [5.74, 6) is 0. The van der Waals surface area contributed by atoms with Gasteiger partial charge < -0.3 is 9.13 Å². The van der Waals surface area contributed by atoms with E-state index in [1.807, 2.05) is 91.0 Å². The first kappa shape index (κ1) is 28.8. The van der Waals surface area contributed by atoms with Gasteiger partial charge in [-0.1, -0.05) is 91.0 Å². The summed E-state index contributed by atoms with van der Waals surface area (Å²) >= 11 is 0. The molecule has 0 saturated carbocycles. The molecule has 0 bridgehead atoms. The summed E-state index contributed by atoms with van der Waals surface area (Å²) in [5, 5.41) is 34.7. The van der Waals surface area contributed by atoms with Crippen LogP contribution >= 0.6 is 0 Å². The fourth-order valence-electron chi connectivity index (χ4n) is 7.44. The molecule has 0 atom stereocenters. The van der Waals surface area contributed by atoms with Gasteiger partial charge in [0.25, 0.3) is 0 Å². The van der Waals surface area contributed by atoms with Crippen molar-refractivity contribution in [1.29, 1.82) is 15.8 Å². The lowest BCUT2D eigenvalue weighted by molar-refractivity contribution is 1.17. The van der Waals surface area contributed by atoms with E-state index in [-0.39, 0.29) is 0 Å². The van der Waals surface area contributed by atoms with Gasteiger partial charge in [-0.2, -0.15) is 15.8 Å². The maximum Gasteiger partial charge on any atom is 0.101 e. The third-order valence-electron chi connectivity index (χ3n) is 9.63. The smallest absolute Gasteiger partial charge is 0.101 e. The normalized spacial score (nSPS) is 11.1. The Morgan fingerprint density at radius 1 is 0.380 bits per heavy atom. The molecule has 5 heteroatoms. The molecule has 0 saturated heterocycles. The van der Waals surface area contributed by atoms with Gasteiger partial charge in [0.15, 0.2) is 0 Å². The van der Waals surface area contributed by atoms with Crippen LogP contribution in [0.1, 0.15) is 16.7 Å². The lowest BCUT2D eigenvalue weighted by Crippen LogP contribution is -2.01. The number of aromatic nitrogens is 2. The maximum atomic E-state index is 10.5. The fourth-order valence-corrected chi connectivity index (χ4v) is 7.44. The molecule has 0 aliphatic heterocycles. The third-order valence-corrected chi connectivity index (χ3v) is 9.63. The molecule has 0 spiro atoms. The average Bonchev–Trinajstić information content (AvgIpc) is 3.69. The molecule has 2 aromatic heterocycles. The highest BCUT2D eigenvalue weighted by molar-refractivity contribution is 6.11. The topological polar surface area (TPSA) is 81.2 Å². The summed E-state index contributed by atoms with van der Waals surface area (Å²) in [7, 11) is 0. The SMILES string of the molecule is N#Cc1ccc2c(c1)c1ccccc1n2-c1ccc(-c2cccc(-c3cccc(C#N)c3-n3c4ccccc4c4ccccc43)c2)cc1C#N.